The number of carbonyl (C=O) groups is 4. The number of hydrogen-bond donors (Lipinski definition) is 0. The van der Waals surface area contributed by atoms with E-state index in [1.165, 1.54) is 29.2 Å². The van der Waals surface area contributed by atoms with Crippen LogP contribution >= 0.6 is 0 Å². The second-order valence-corrected chi connectivity index (χ2v) is 7.59. The van der Waals surface area contributed by atoms with Gasteiger partial charge in [0.15, 0.2) is 0 Å². The van der Waals surface area contributed by atoms with Gasteiger partial charge in [-0.15, -0.1) is 0 Å². The molecule has 31 heavy (non-hydrogen) atoms. The van der Waals surface area contributed by atoms with E-state index in [2.05, 4.69) is 0 Å². The Kier molecular flexibility index (Phi) is 5.79. The molecule has 0 spiro atoms. The highest BCUT2D eigenvalue weighted by molar-refractivity contribution is 6.21. The number of imide groups is 1. The summed E-state index contributed by atoms with van der Waals surface area (Å²) < 4.78 is 13.0. The van der Waals surface area contributed by atoms with Crippen LogP contribution in [-0.4, -0.2) is 71.1 Å². The Bertz CT molecular complexity index is 994. The Morgan fingerprint density at radius 1 is 0.806 bits per heavy atom. The Morgan fingerprint density at radius 3 is 1.94 bits per heavy atom. The highest BCUT2D eigenvalue weighted by atomic mass is 19.1. The lowest BCUT2D eigenvalue weighted by Gasteiger charge is -2.35. The highest BCUT2D eigenvalue weighted by Gasteiger charge is 2.34. The molecule has 0 atom stereocenters. The molecule has 0 bridgehead atoms. The van der Waals surface area contributed by atoms with Crippen molar-refractivity contribution in [1.82, 2.24) is 14.7 Å². The van der Waals surface area contributed by atoms with Gasteiger partial charge in [0, 0.05) is 44.7 Å². The van der Waals surface area contributed by atoms with Gasteiger partial charge in [0.2, 0.25) is 5.91 Å². The molecule has 0 aliphatic carbocycles. The third-order valence-corrected chi connectivity index (χ3v) is 5.66. The highest BCUT2D eigenvalue weighted by Crippen LogP contribution is 2.22. The minimum absolute atomic E-state index is 0.0644. The summed E-state index contributed by atoms with van der Waals surface area (Å²) in [6.45, 7) is 1.83. The standard InChI is InChI=1S/C23H22FN3O4/c24-17-9-7-16(8-10-17)21(29)26-14-12-25(13-15-26)20(28)6-3-11-27-22(30)18-4-1-2-5-19(18)23(27)31/h1-2,4-5,7-10H,3,6,11-15H2. The van der Waals surface area contributed by atoms with Crippen molar-refractivity contribution >= 4 is 23.6 Å². The summed E-state index contributed by atoms with van der Waals surface area (Å²) in [5.74, 6) is -1.28. The van der Waals surface area contributed by atoms with Crippen molar-refractivity contribution < 1.29 is 23.6 Å². The molecule has 0 unspecified atom stereocenters. The third kappa shape index (κ3) is 4.19. The van der Waals surface area contributed by atoms with Crippen molar-refractivity contribution in [1.29, 1.82) is 0 Å². The van der Waals surface area contributed by atoms with Gasteiger partial charge in [0.1, 0.15) is 5.82 Å². The second kappa shape index (κ2) is 8.67. The van der Waals surface area contributed by atoms with Crippen LogP contribution in [0, 0.1) is 5.82 Å². The molecule has 7 nitrogen and oxygen atoms in total. The minimum atomic E-state index is -0.395. The number of benzene rings is 2. The van der Waals surface area contributed by atoms with Gasteiger partial charge < -0.3 is 9.80 Å². The first-order chi connectivity index (χ1) is 15.0. The molecule has 4 amide bonds. The molecule has 2 aromatic rings. The Labute approximate surface area is 179 Å². The molecule has 2 aliphatic rings. The number of nitrogens with zero attached hydrogens (tertiary/aromatic N) is 3. The second-order valence-electron chi connectivity index (χ2n) is 7.59. The van der Waals surface area contributed by atoms with Crippen LogP contribution in [-0.2, 0) is 4.79 Å². The van der Waals surface area contributed by atoms with E-state index in [0.717, 1.165) is 0 Å². The summed E-state index contributed by atoms with van der Waals surface area (Å²) in [5.41, 5.74) is 1.23. The van der Waals surface area contributed by atoms with E-state index in [1.807, 2.05) is 0 Å². The average Bonchev–Trinajstić information content (AvgIpc) is 3.04. The van der Waals surface area contributed by atoms with Gasteiger partial charge >= 0.3 is 0 Å². The normalized spacial score (nSPS) is 16.0. The number of amides is 4. The van der Waals surface area contributed by atoms with Crippen molar-refractivity contribution in [3.63, 3.8) is 0 Å². The van der Waals surface area contributed by atoms with Gasteiger partial charge in [-0.25, -0.2) is 4.39 Å². The number of piperazine rings is 1. The van der Waals surface area contributed by atoms with Crippen LogP contribution < -0.4 is 0 Å². The van der Waals surface area contributed by atoms with E-state index in [9.17, 15) is 23.6 Å². The summed E-state index contributed by atoms with van der Waals surface area (Å²) in [6, 6.07) is 12.1. The van der Waals surface area contributed by atoms with Crippen LogP contribution in [0.4, 0.5) is 4.39 Å². The summed E-state index contributed by atoms with van der Waals surface area (Å²) in [7, 11) is 0. The molecule has 1 fully saturated rings. The van der Waals surface area contributed by atoms with Crippen LogP contribution in [0.15, 0.2) is 48.5 Å². The van der Waals surface area contributed by atoms with Crippen LogP contribution in [0.25, 0.3) is 0 Å². The number of halogens is 1. The van der Waals surface area contributed by atoms with Gasteiger partial charge in [0.05, 0.1) is 11.1 Å². The first kappa shape index (κ1) is 20.7. The van der Waals surface area contributed by atoms with E-state index in [1.54, 1.807) is 34.1 Å². The first-order valence-electron chi connectivity index (χ1n) is 10.2. The monoisotopic (exact) mass is 423 g/mol. The molecule has 0 aromatic heterocycles. The lowest BCUT2D eigenvalue weighted by molar-refractivity contribution is -0.132. The first-order valence-corrected chi connectivity index (χ1v) is 10.2. The van der Waals surface area contributed by atoms with E-state index in [0.29, 0.717) is 49.3 Å². The molecule has 4 rings (SSSR count). The molecule has 8 heteroatoms. The SMILES string of the molecule is O=C(CCCN1C(=O)c2ccccc2C1=O)N1CCN(C(=O)c2ccc(F)cc2)CC1. The van der Waals surface area contributed by atoms with Gasteiger partial charge in [-0.1, -0.05) is 12.1 Å². The number of hydrogen-bond acceptors (Lipinski definition) is 4. The van der Waals surface area contributed by atoms with Crippen molar-refractivity contribution in [3.8, 4) is 0 Å². The number of carbonyl (C=O) groups excluding carboxylic acids is 4. The Hall–Kier alpha value is -3.55. The van der Waals surface area contributed by atoms with Gasteiger partial charge in [0.25, 0.3) is 17.7 Å². The molecule has 2 aliphatic heterocycles. The molecule has 0 N–H and O–H groups in total. The maximum Gasteiger partial charge on any atom is 0.261 e. The summed E-state index contributed by atoms with van der Waals surface area (Å²) in [4.78, 5) is 54.3. The van der Waals surface area contributed by atoms with Crippen molar-refractivity contribution in [2.45, 2.75) is 12.8 Å². The van der Waals surface area contributed by atoms with Crippen LogP contribution in [0.2, 0.25) is 0 Å². The fraction of sp³-hybridized carbons (Fsp3) is 0.304. The van der Waals surface area contributed by atoms with E-state index < -0.39 is 5.82 Å². The van der Waals surface area contributed by atoms with Crippen LogP contribution in [0.5, 0.6) is 0 Å². The maximum absolute atomic E-state index is 13.0. The zero-order valence-corrected chi connectivity index (χ0v) is 16.9. The third-order valence-electron chi connectivity index (χ3n) is 5.66. The molecule has 2 aromatic carbocycles. The Morgan fingerprint density at radius 2 is 1.35 bits per heavy atom. The fourth-order valence-electron chi connectivity index (χ4n) is 3.92. The smallest absolute Gasteiger partial charge is 0.261 e. The zero-order valence-electron chi connectivity index (χ0n) is 16.9. The van der Waals surface area contributed by atoms with Gasteiger partial charge in [-0.3, -0.25) is 24.1 Å². The predicted molar refractivity (Wildman–Crippen MR) is 110 cm³/mol. The van der Waals surface area contributed by atoms with Crippen LogP contribution in [0.3, 0.4) is 0 Å². The molecule has 160 valence electrons. The quantitative estimate of drug-likeness (QED) is 0.691. The maximum atomic E-state index is 13.0. The minimum Gasteiger partial charge on any atom is -0.339 e. The molecular weight excluding hydrogens is 401 g/mol. The Balaban J connectivity index is 1.24. The van der Waals surface area contributed by atoms with Crippen molar-refractivity contribution in [3.05, 3.63) is 71.0 Å². The molecular formula is C23H22FN3O4. The summed E-state index contributed by atoms with van der Waals surface area (Å²) >= 11 is 0. The van der Waals surface area contributed by atoms with E-state index >= 15 is 0 Å². The van der Waals surface area contributed by atoms with Crippen molar-refractivity contribution in [2.24, 2.45) is 0 Å². The zero-order chi connectivity index (χ0) is 22.0. The summed E-state index contributed by atoms with van der Waals surface area (Å²) in [5, 5.41) is 0. The van der Waals surface area contributed by atoms with Crippen molar-refractivity contribution in [2.75, 3.05) is 32.7 Å². The largest absolute Gasteiger partial charge is 0.339 e. The molecule has 0 saturated carbocycles. The lowest BCUT2D eigenvalue weighted by Crippen LogP contribution is -2.50. The van der Waals surface area contributed by atoms with Gasteiger partial charge in [-0.2, -0.15) is 0 Å². The van der Waals surface area contributed by atoms with E-state index in [4.69, 9.17) is 0 Å². The summed E-state index contributed by atoms with van der Waals surface area (Å²) in [6.07, 6.45) is 0.609. The average molecular weight is 423 g/mol. The van der Waals surface area contributed by atoms with E-state index in [-0.39, 0.29) is 36.6 Å². The molecule has 2 heterocycles. The molecule has 0 radical (unpaired) electrons. The predicted octanol–water partition coefficient (Wildman–Crippen LogP) is 2.19. The topological polar surface area (TPSA) is 78.0 Å². The number of fused-ring (bicyclic) bond motifs is 1. The fourth-order valence-corrected chi connectivity index (χ4v) is 3.92. The lowest BCUT2D eigenvalue weighted by atomic mass is 10.1. The molecule has 1 saturated heterocycles. The van der Waals surface area contributed by atoms with Crippen LogP contribution in [0.1, 0.15) is 43.9 Å². The number of rotatable bonds is 5. The van der Waals surface area contributed by atoms with Gasteiger partial charge in [-0.05, 0) is 42.8 Å².